The standard InChI is InChI=1S/C13H19N3/c1-10-13-7-15-6-12(13)9-16(10)8-11-2-4-14-5-3-11/h2-5,10,12-13,15H,6-9H2,1H3. The molecule has 0 aliphatic carbocycles. The predicted octanol–water partition coefficient (Wildman–Crippen LogP) is 1.12. The highest BCUT2D eigenvalue weighted by atomic mass is 15.2. The van der Waals surface area contributed by atoms with E-state index < -0.39 is 0 Å². The number of hydrogen-bond acceptors (Lipinski definition) is 3. The molecule has 0 spiro atoms. The minimum absolute atomic E-state index is 0.716. The van der Waals surface area contributed by atoms with E-state index >= 15 is 0 Å². The second-order valence-corrected chi connectivity index (χ2v) is 5.11. The number of pyridine rings is 1. The maximum atomic E-state index is 4.07. The number of fused-ring (bicyclic) bond motifs is 1. The molecular weight excluding hydrogens is 198 g/mol. The molecule has 2 aliphatic rings. The summed E-state index contributed by atoms with van der Waals surface area (Å²) in [7, 11) is 0. The van der Waals surface area contributed by atoms with E-state index in [2.05, 4.69) is 34.3 Å². The Balaban J connectivity index is 1.69. The zero-order valence-corrected chi connectivity index (χ0v) is 9.76. The van der Waals surface area contributed by atoms with Gasteiger partial charge in [-0.25, -0.2) is 0 Å². The quantitative estimate of drug-likeness (QED) is 0.804. The van der Waals surface area contributed by atoms with Crippen molar-refractivity contribution in [2.45, 2.75) is 19.5 Å². The molecule has 3 heteroatoms. The van der Waals surface area contributed by atoms with Gasteiger partial charge in [-0.15, -0.1) is 0 Å². The lowest BCUT2D eigenvalue weighted by Crippen LogP contribution is -2.32. The van der Waals surface area contributed by atoms with E-state index in [1.807, 2.05) is 12.4 Å². The van der Waals surface area contributed by atoms with Crippen molar-refractivity contribution in [3.8, 4) is 0 Å². The fourth-order valence-electron chi connectivity index (χ4n) is 3.19. The third-order valence-electron chi connectivity index (χ3n) is 4.19. The summed E-state index contributed by atoms with van der Waals surface area (Å²) >= 11 is 0. The lowest BCUT2D eigenvalue weighted by Gasteiger charge is -2.24. The average Bonchev–Trinajstić information content (AvgIpc) is 2.86. The smallest absolute Gasteiger partial charge is 0.0271 e. The first kappa shape index (κ1) is 10.2. The molecule has 2 saturated heterocycles. The molecule has 1 aromatic rings. The van der Waals surface area contributed by atoms with Crippen LogP contribution >= 0.6 is 0 Å². The average molecular weight is 217 g/mol. The van der Waals surface area contributed by atoms with E-state index in [4.69, 9.17) is 0 Å². The Morgan fingerprint density at radius 2 is 2.19 bits per heavy atom. The topological polar surface area (TPSA) is 28.2 Å². The molecule has 2 aliphatic heterocycles. The van der Waals surface area contributed by atoms with Crippen LogP contribution in [0.4, 0.5) is 0 Å². The maximum absolute atomic E-state index is 4.07. The Morgan fingerprint density at radius 1 is 1.38 bits per heavy atom. The molecule has 3 atom stereocenters. The van der Waals surface area contributed by atoms with Crippen molar-refractivity contribution in [1.82, 2.24) is 15.2 Å². The summed E-state index contributed by atoms with van der Waals surface area (Å²) in [5.41, 5.74) is 1.38. The number of nitrogens with one attached hydrogen (secondary N) is 1. The van der Waals surface area contributed by atoms with Crippen LogP contribution in [0.3, 0.4) is 0 Å². The molecule has 1 N–H and O–H groups in total. The van der Waals surface area contributed by atoms with Crippen LogP contribution in [0.5, 0.6) is 0 Å². The lowest BCUT2D eigenvalue weighted by molar-refractivity contribution is 0.231. The van der Waals surface area contributed by atoms with Gasteiger partial charge in [0.05, 0.1) is 0 Å². The van der Waals surface area contributed by atoms with Crippen LogP contribution in [0.2, 0.25) is 0 Å². The minimum Gasteiger partial charge on any atom is -0.316 e. The van der Waals surface area contributed by atoms with E-state index in [0.717, 1.165) is 18.4 Å². The highest BCUT2D eigenvalue weighted by molar-refractivity contribution is 5.11. The fourth-order valence-corrected chi connectivity index (χ4v) is 3.19. The summed E-state index contributed by atoms with van der Waals surface area (Å²) < 4.78 is 0. The van der Waals surface area contributed by atoms with Crippen LogP contribution in [-0.2, 0) is 6.54 Å². The summed E-state index contributed by atoms with van der Waals surface area (Å²) in [5, 5.41) is 3.50. The van der Waals surface area contributed by atoms with Crippen molar-refractivity contribution in [3.63, 3.8) is 0 Å². The molecule has 2 fully saturated rings. The van der Waals surface area contributed by atoms with Gasteiger partial charge < -0.3 is 5.32 Å². The molecule has 0 bridgehead atoms. The van der Waals surface area contributed by atoms with Crippen LogP contribution in [-0.4, -0.2) is 35.6 Å². The van der Waals surface area contributed by atoms with Gasteiger partial charge in [0.1, 0.15) is 0 Å². The molecule has 86 valence electrons. The van der Waals surface area contributed by atoms with Gasteiger partial charge in [0.2, 0.25) is 0 Å². The summed E-state index contributed by atoms with van der Waals surface area (Å²) in [6.07, 6.45) is 3.77. The number of hydrogen-bond donors (Lipinski definition) is 1. The molecule has 3 nitrogen and oxygen atoms in total. The first-order valence-electron chi connectivity index (χ1n) is 6.18. The third kappa shape index (κ3) is 1.74. The number of rotatable bonds is 2. The molecule has 3 heterocycles. The summed E-state index contributed by atoms with van der Waals surface area (Å²) in [6.45, 7) is 7.12. The molecular formula is C13H19N3. The highest BCUT2D eigenvalue weighted by Gasteiger charge is 2.41. The Kier molecular flexibility index (Phi) is 2.65. The van der Waals surface area contributed by atoms with Gasteiger partial charge >= 0.3 is 0 Å². The van der Waals surface area contributed by atoms with Gasteiger partial charge in [-0.2, -0.15) is 0 Å². The van der Waals surface area contributed by atoms with Crippen molar-refractivity contribution < 1.29 is 0 Å². The zero-order chi connectivity index (χ0) is 11.0. The normalized spacial score (nSPS) is 34.2. The molecule has 0 saturated carbocycles. The molecule has 3 rings (SSSR count). The molecule has 16 heavy (non-hydrogen) atoms. The van der Waals surface area contributed by atoms with Crippen LogP contribution in [0, 0.1) is 11.8 Å². The molecule has 1 aromatic heterocycles. The van der Waals surface area contributed by atoms with E-state index in [1.165, 1.54) is 25.2 Å². The van der Waals surface area contributed by atoms with Crippen molar-refractivity contribution in [2.75, 3.05) is 19.6 Å². The van der Waals surface area contributed by atoms with Gasteiger partial charge in [-0.1, -0.05) is 0 Å². The monoisotopic (exact) mass is 217 g/mol. The summed E-state index contributed by atoms with van der Waals surface area (Å²) in [6, 6.07) is 4.96. The predicted molar refractivity (Wildman–Crippen MR) is 64.0 cm³/mol. The van der Waals surface area contributed by atoms with Gasteiger partial charge in [0, 0.05) is 31.5 Å². The molecule has 0 aromatic carbocycles. The van der Waals surface area contributed by atoms with Crippen LogP contribution in [0.1, 0.15) is 12.5 Å². The van der Waals surface area contributed by atoms with E-state index in [1.54, 1.807) is 0 Å². The van der Waals surface area contributed by atoms with Crippen LogP contribution in [0.15, 0.2) is 24.5 Å². The first-order valence-corrected chi connectivity index (χ1v) is 6.18. The maximum Gasteiger partial charge on any atom is 0.0271 e. The summed E-state index contributed by atoms with van der Waals surface area (Å²) in [4.78, 5) is 6.68. The van der Waals surface area contributed by atoms with Crippen LogP contribution in [0.25, 0.3) is 0 Å². The van der Waals surface area contributed by atoms with Gasteiger partial charge in [0.25, 0.3) is 0 Å². The lowest BCUT2D eigenvalue weighted by atomic mass is 9.95. The third-order valence-corrected chi connectivity index (χ3v) is 4.19. The van der Waals surface area contributed by atoms with Gasteiger partial charge in [-0.05, 0) is 49.5 Å². The Morgan fingerprint density at radius 3 is 2.94 bits per heavy atom. The van der Waals surface area contributed by atoms with Crippen molar-refractivity contribution in [2.24, 2.45) is 11.8 Å². The summed E-state index contributed by atoms with van der Waals surface area (Å²) in [5.74, 6) is 1.73. The van der Waals surface area contributed by atoms with Gasteiger partial charge in [0.15, 0.2) is 0 Å². The van der Waals surface area contributed by atoms with Crippen LogP contribution < -0.4 is 5.32 Å². The second kappa shape index (κ2) is 4.15. The van der Waals surface area contributed by atoms with Gasteiger partial charge in [-0.3, -0.25) is 9.88 Å². The molecule has 0 radical (unpaired) electrons. The van der Waals surface area contributed by atoms with Crippen molar-refractivity contribution >= 4 is 0 Å². The largest absolute Gasteiger partial charge is 0.316 e. The number of aromatic nitrogens is 1. The number of nitrogens with zero attached hydrogens (tertiary/aromatic N) is 2. The minimum atomic E-state index is 0.716. The highest BCUT2D eigenvalue weighted by Crippen LogP contribution is 2.32. The Labute approximate surface area is 96.9 Å². The Hall–Kier alpha value is -0.930. The van der Waals surface area contributed by atoms with Crippen molar-refractivity contribution in [1.29, 1.82) is 0 Å². The van der Waals surface area contributed by atoms with Crippen molar-refractivity contribution in [3.05, 3.63) is 30.1 Å². The fraction of sp³-hybridized carbons (Fsp3) is 0.615. The molecule has 3 unspecified atom stereocenters. The van der Waals surface area contributed by atoms with E-state index in [0.29, 0.717) is 6.04 Å². The molecule has 0 amide bonds. The van der Waals surface area contributed by atoms with E-state index in [9.17, 15) is 0 Å². The second-order valence-electron chi connectivity index (χ2n) is 5.11. The number of likely N-dealkylation sites (tertiary alicyclic amines) is 1. The van der Waals surface area contributed by atoms with E-state index in [-0.39, 0.29) is 0 Å². The Bertz CT molecular complexity index is 351. The zero-order valence-electron chi connectivity index (χ0n) is 9.76. The first-order chi connectivity index (χ1) is 7.84. The SMILES string of the molecule is CC1C2CNCC2CN1Cc1ccncc1.